The van der Waals surface area contributed by atoms with E-state index in [1.165, 1.54) is 11.3 Å². The molecule has 10 heteroatoms. The lowest BCUT2D eigenvalue weighted by Gasteiger charge is -2.03. The molecule has 2 heterocycles. The first kappa shape index (κ1) is 24.8. The van der Waals surface area contributed by atoms with Crippen molar-refractivity contribution in [3.8, 4) is 0 Å². The van der Waals surface area contributed by atoms with Crippen molar-refractivity contribution < 1.29 is 4.42 Å². The highest BCUT2D eigenvalue weighted by Gasteiger charge is 2.11. The Kier molecular flexibility index (Phi) is 7.23. The topological polar surface area (TPSA) is 117 Å². The van der Waals surface area contributed by atoms with Gasteiger partial charge in [0.15, 0.2) is 5.00 Å². The maximum absolute atomic E-state index is 12.6. The largest absolute Gasteiger partial charge is 0.422 e. The molecule has 0 aliphatic heterocycles. The molecule has 0 spiro atoms. The molecule has 3 aromatic carbocycles. The van der Waals surface area contributed by atoms with E-state index in [-0.39, 0.29) is 0 Å². The summed E-state index contributed by atoms with van der Waals surface area (Å²) in [5, 5.41) is 23.4. The summed E-state index contributed by atoms with van der Waals surface area (Å²) in [6.45, 7) is 5.60. The zero-order valence-electron chi connectivity index (χ0n) is 20.9. The number of aryl methyl sites for hydroxylation is 2. The summed E-state index contributed by atoms with van der Waals surface area (Å²) in [4.78, 5) is 17.1. The second kappa shape index (κ2) is 11.1. The van der Waals surface area contributed by atoms with Crippen LogP contribution < -0.4 is 11.1 Å². The molecule has 0 saturated carbocycles. The van der Waals surface area contributed by atoms with E-state index in [9.17, 15) is 4.79 Å². The van der Waals surface area contributed by atoms with Crippen LogP contribution in [0.4, 0.5) is 27.2 Å². The number of hydrogen-bond donors (Lipinski definition) is 1. The average Bonchev–Trinajstić information content (AvgIpc) is 3.29. The predicted octanol–water partition coefficient (Wildman–Crippen LogP) is 8.53. The van der Waals surface area contributed by atoms with Crippen LogP contribution >= 0.6 is 11.3 Å². The fourth-order valence-corrected chi connectivity index (χ4v) is 4.20. The van der Waals surface area contributed by atoms with Crippen molar-refractivity contribution >= 4 is 55.2 Å². The van der Waals surface area contributed by atoms with Gasteiger partial charge in [-0.1, -0.05) is 47.2 Å². The first-order valence-corrected chi connectivity index (χ1v) is 12.6. The van der Waals surface area contributed by atoms with Gasteiger partial charge in [-0.3, -0.25) is 5.43 Å². The van der Waals surface area contributed by atoms with Gasteiger partial charge in [0.05, 0.1) is 34.0 Å². The minimum atomic E-state index is -0.484. The molecule has 0 unspecified atom stereocenters. The molecule has 0 saturated heterocycles. The summed E-state index contributed by atoms with van der Waals surface area (Å²) < 4.78 is 5.51. The van der Waals surface area contributed by atoms with Gasteiger partial charge in [0.2, 0.25) is 5.13 Å². The molecule has 0 atom stereocenters. The number of anilines is 1. The lowest BCUT2D eigenvalue weighted by molar-refractivity contribution is 0.559. The number of nitrogens with zero attached hydrogens (tertiary/aromatic N) is 6. The summed E-state index contributed by atoms with van der Waals surface area (Å²) in [6.07, 6.45) is 0. The van der Waals surface area contributed by atoms with Crippen molar-refractivity contribution in [3.63, 3.8) is 0 Å². The van der Waals surface area contributed by atoms with Crippen molar-refractivity contribution in [1.82, 2.24) is 4.98 Å². The molecule has 0 bridgehead atoms. The van der Waals surface area contributed by atoms with Crippen LogP contribution in [0.2, 0.25) is 0 Å². The van der Waals surface area contributed by atoms with Gasteiger partial charge in [0.1, 0.15) is 5.58 Å². The Labute approximate surface area is 222 Å². The minimum absolute atomic E-state index is 0.328. The maximum atomic E-state index is 12.6. The van der Waals surface area contributed by atoms with Gasteiger partial charge >= 0.3 is 5.63 Å². The highest BCUT2D eigenvalue weighted by molar-refractivity contribution is 7.19. The quantitative estimate of drug-likeness (QED) is 0.0999. The smallest absolute Gasteiger partial charge is 0.345 e. The Hall–Kier alpha value is -4.83. The standard InChI is InChI=1S/C28H23N7O2S/c1-17-9-11-22(12-10-17)32-34-26-19(3)29-28(38-26)35-30-18(2)24-16-20-15-23(13-14-25(20)37-27(24)36)33-31-21-7-5-4-6-8-21/h4-16H,1-3H3,(H,29,35)/b30-18+,33-31?,34-32?. The number of rotatable bonds is 7. The van der Waals surface area contributed by atoms with Crippen molar-refractivity contribution in [3.05, 3.63) is 106 Å². The monoisotopic (exact) mass is 521 g/mol. The number of hydrogen-bond acceptors (Lipinski definition) is 10. The van der Waals surface area contributed by atoms with Crippen LogP contribution in [0.5, 0.6) is 0 Å². The minimum Gasteiger partial charge on any atom is -0.422 e. The molecule has 0 aliphatic carbocycles. The number of nitrogens with one attached hydrogen (secondary N) is 1. The number of hydrazone groups is 1. The van der Waals surface area contributed by atoms with E-state index in [0.29, 0.717) is 38.1 Å². The van der Waals surface area contributed by atoms with E-state index >= 15 is 0 Å². The summed E-state index contributed by atoms with van der Waals surface area (Å²) in [7, 11) is 0. The van der Waals surface area contributed by atoms with Crippen LogP contribution in [-0.4, -0.2) is 10.7 Å². The van der Waals surface area contributed by atoms with Crippen LogP contribution in [-0.2, 0) is 0 Å². The van der Waals surface area contributed by atoms with Gasteiger partial charge in [-0.25, -0.2) is 9.78 Å². The van der Waals surface area contributed by atoms with Gasteiger partial charge in [-0.15, -0.1) is 10.2 Å². The van der Waals surface area contributed by atoms with Crippen molar-refractivity contribution in [1.29, 1.82) is 0 Å². The summed E-state index contributed by atoms with van der Waals surface area (Å²) >= 11 is 1.32. The van der Waals surface area contributed by atoms with E-state index in [4.69, 9.17) is 4.42 Å². The normalized spacial score (nSPS) is 12.1. The highest BCUT2D eigenvalue weighted by Crippen LogP contribution is 2.32. The third kappa shape index (κ3) is 5.93. The predicted molar refractivity (Wildman–Crippen MR) is 151 cm³/mol. The molecular formula is C28H23N7O2S. The SMILES string of the molecule is C/C(=N\Nc1nc(C)c(N=Nc2ccc(C)cc2)s1)c1cc2cc(N=Nc3ccccc3)ccc2oc1=O. The summed E-state index contributed by atoms with van der Waals surface area (Å²) in [5.41, 5.74) is 7.70. The molecule has 0 aliphatic rings. The Morgan fingerprint density at radius 3 is 2.32 bits per heavy atom. The van der Waals surface area contributed by atoms with E-state index in [2.05, 4.69) is 36.0 Å². The lowest BCUT2D eigenvalue weighted by Crippen LogP contribution is -2.13. The number of azo groups is 2. The Morgan fingerprint density at radius 1 is 0.842 bits per heavy atom. The maximum Gasteiger partial charge on any atom is 0.345 e. The molecule has 188 valence electrons. The molecule has 2 aromatic heterocycles. The lowest BCUT2D eigenvalue weighted by atomic mass is 10.1. The van der Waals surface area contributed by atoms with Crippen LogP contribution in [0, 0.1) is 13.8 Å². The van der Waals surface area contributed by atoms with Gasteiger partial charge in [0, 0.05) is 5.39 Å². The van der Waals surface area contributed by atoms with Crippen molar-refractivity contribution in [2.24, 2.45) is 25.6 Å². The average molecular weight is 522 g/mol. The Balaban J connectivity index is 1.34. The molecule has 0 amide bonds. The van der Waals surface area contributed by atoms with Crippen LogP contribution in [0.3, 0.4) is 0 Å². The van der Waals surface area contributed by atoms with Crippen LogP contribution in [0.15, 0.2) is 114 Å². The molecule has 5 rings (SSSR count). The number of fused-ring (bicyclic) bond motifs is 1. The van der Waals surface area contributed by atoms with Gasteiger partial charge in [-0.05, 0) is 69.3 Å². The number of aromatic nitrogens is 1. The highest BCUT2D eigenvalue weighted by atomic mass is 32.1. The van der Waals surface area contributed by atoms with Crippen LogP contribution in [0.25, 0.3) is 11.0 Å². The molecule has 0 radical (unpaired) electrons. The zero-order valence-corrected chi connectivity index (χ0v) is 21.7. The summed E-state index contributed by atoms with van der Waals surface area (Å²) in [6, 6.07) is 24.2. The first-order valence-electron chi connectivity index (χ1n) is 11.8. The molecule has 5 aromatic rings. The van der Waals surface area contributed by atoms with Crippen molar-refractivity contribution in [2.45, 2.75) is 20.8 Å². The fraction of sp³-hybridized carbons (Fsp3) is 0.107. The summed E-state index contributed by atoms with van der Waals surface area (Å²) in [5.74, 6) is 0. The third-order valence-electron chi connectivity index (χ3n) is 5.52. The molecule has 38 heavy (non-hydrogen) atoms. The van der Waals surface area contributed by atoms with Crippen molar-refractivity contribution in [2.75, 3.05) is 5.43 Å². The van der Waals surface area contributed by atoms with Crippen LogP contribution in [0.1, 0.15) is 23.7 Å². The molecule has 1 N–H and O–H groups in total. The van der Waals surface area contributed by atoms with Gasteiger partial charge in [-0.2, -0.15) is 15.3 Å². The molecular weight excluding hydrogens is 498 g/mol. The molecule has 9 nitrogen and oxygen atoms in total. The number of benzene rings is 3. The number of thiazole rings is 1. The zero-order chi connectivity index (χ0) is 26.5. The van der Waals surface area contributed by atoms with E-state index in [1.807, 2.05) is 74.5 Å². The van der Waals surface area contributed by atoms with Gasteiger partial charge < -0.3 is 4.42 Å². The van der Waals surface area contributed by atoms with E-state index in [1.54, 1.807) is 25.1 Å². The second-order valence-corrected chi connectivity index (χ2v) is 9.44. The van der Waals surface area contributed by atoms with E-state index in [0.717, 1.165) is 22.6 Å². The van der Waals surface area contributed by atoms with Gasteiger partial charge in [0.25, 0.3) is 0 Å². The second-order valence-electron chi connectivity index (χ2n) is 8.46. The Bertz CT molecular complexity index is 1740. The first-order chi connectivity index (χ1) is 18.4. The fourth-order valence-electron chi connectivity index (χ4n) is 3.47. The Morgan fingerprint density at radius 2 is 1.53 bits per heavy atom. The third-order valence-corrected chi connectivity index (χ3v) is 6.47. The molecule has 0 fully saturated rings. The van der Waals surface area contributed by atoms with E-state index < -0.39 is 5.63 Å².